The zero-order valence-corrected chi connectivity index (χ0v) is 8.87. The molecule has 0 saturated heterocycles. The predicted octanol–water partition coefficient (Wildman–Crippen LogP) is -1.47. The first-order valence-corrected chi connectivity index (χ1v) is 4.86. The van der Waals surface area contributed by atoms with Crippen LogP contribution in [0.3, 0.4) is 0 Å². The van der Waals surface area contributed by atoms with Crippen LogP contribution in [0.2, 0.25) is 0 Å². The summed E-state index contributed by atoms with van der Waals surface area (Å²) in [6.45, 7) is 2.20. The lowest BCUT2D eigenvalue weighted by atomic mass is 10.2. The van der Waals surface area contributed by atoms with Crippen molar-refractivity contribution in [3.8, 4) is 0 Å². The average molecular weight is 226 g/mol. The van der Waals surface area contributed by atoms with Gasteiger partial charge in [-0.3, -0.25) is 14.6 Å². The number of rotatable bonds is 4. The van der Waals surface area contributed by atoms with E-state index in [0.717, 1.165) is 6.20 Å². The van der Waals surface area contributed by atoms with E-state index in [-0.39, 0.29) is 11.6 Å². The third-order valence-corrected chi connectivity index (χ3v) is 1.95. The Morgan fingerprint density at radius 3 is 2.81 bits per heavy atom. The van der Waals surface area contributed by atoms with Crippen molar-refractivity contribution in [2.75, 3.05) is 6.54 Å². The van der Waals surface area contributed by atoms with Crippen LogP contribution in [-0.2, 0) is 0 Å². The zero-order chi connectivity index (χ0) is 12.1. The molecule has 1 aromatic heterocycles. The van der Waals surface area contributed by atoms with Crippen LogP contribution in [0.4, 0.5) is 0 Å². The summed E-state index contributed by atoms with van der Waals surface area (Å²) in [6, 6.07) is -0.0193. The number of hydrogen-bond donors (Lipinski definition) is 4. The van der Waals surface area contributed by atoms with Crippen LogP contribution in [0.25, 0.3) is 0 Å². The van der Waals surface area contributed by atoms with Crippen LogP contribution < -0.4 is 22.3 Å². The summed E-state index contributed by atoms with van der Waals surface area (Å²) in [6.07, 6.45) is 1.70. The minimum absolute atomic E-state index is 0.0193. The Balaban J connectivity index is 2.67. The second kappa shape index (κ2) is 5.26. The maximum absolute atomic E-state index is 11.5. The van der Waals surface area contributed by atoms with Gasteiger partial charge in [0.05, 0.1) is 0 Å². The molecule has 0 radical (unpaired) electrons. The first-order chi connectivity index (χ1) is 7.50. The van der Waals surface area contributed by atoms with Gasteiger partial charge in [0.15, 0.2) is 0 Å². The standard InChI is InChI=1S/C9H14N4O3/c1-5(10)2-3-11-7(14)6-4-12-9(16)13-8(6)15/h4-5H,2-3,10H2,1H3,(H,11,14)(H2,12,13,15,16). The van der Waals surface area contributed by atoms with Crippen molar-refractivity contribution < 1.29 is 4.79 Å². The van der Waals surface area contributed by atoms with Gasteiger partial charge < -0.3 is 16.0 Å². The number of carbonyl (C=O) groups is 1. The Morgan fingerprint density at radius 2 is 2.25 bits per heavy atom. The lowest BCUT2D eigenvalue weighted by molar-refractivity contribution is 0.0951. The van der Waals surface area contributed by atoms with E-state index in [4.69, 9.17) is 5.73 Å². The van der Waals surface area contributed by atoms with Crippen LogP contribution in [-0.4, -0.2) is 28.5 Å². The van der Waals surface area contributed by atoms with Crippen molar-refractivity contribution in [2.45, 2.75) is 19.4 Å². The van der Waals surface area contributed by atoms with Crippen molar-refractivity contribution in [2.24, 2.45) is 5.73 Å². The molecular weight excluding hydrogens is 212 g/mol. The number of hydrogen-bond acceptors (Lipinski definition) is 4. The summed E-state index contributed by atoms with van der Waals surface area (Å²) in [5, 5.41) is 2.53. The van der Waals surface area contributed by atoms with Crippen LogP contribution in [0, 0.1) is 0 Å². The molecule has 16 heavy (non-hydrogen) atoms. The molecule has 1 heterocycles. The Kier molecular flexibility index (Phi) is 4.01. The van der Waals surface area contributed by atoms with E-state index in [1.54, 1.807) is 0 Å². The molecule has 0 aliphatic rings. The molecule has 0 aliphatic carbocycles. The van der Waals surface area contributed by atoms with E-state index in [9.17, 15) is 14.4 Å². The largest absolute Gasteiger partial charge is 0.352 e. The lowest BCUT2D eigenvalue weighted by Crippen LogP contribution is -2.35. The van der Waals surface area contributed by atoms with Crippen LogP contribution >= 0.6 is 0 Å². The molecule has 0 saturated carbocycles. The molecule has 0 aromatic carbocycles. The van der Waals surface area contributed by atoms with Gasteiger partial charge in [0.25, 0.3) is 11.5 Å². The summed E-state index contributed by atoms with van der Waals surface area (Å²) in [5.74, 6) is -0.529. The first kappa shape index (κ1) is 12.2. The SMILES string of the molecule is CC(N)CCNC(=O)c1c[nH]c(=O)[nH]c1=O. The maximum Gasteiger partial charge on any atom is 0.325 e. The van der Waals surface area contributed by atoms with Gasteiger partial charge in [-0.05, 0) is 13.3 Å². The summed E-state index contributed by atoms with van der Waals surface area (Å²) >= 11 is 0. The molecule has 7 heteroatoms. The highest BCUT2D eigenvalue weighted by atomic mass is 16.2. The molecule has 0 fully saturated rings. The maximum atomic E-state index is 11.5. The van der Waals surface area contributed by atoms with Gasteiger partial charge >= 0.3 is 5.69 Å². The van der Waals surface area contributed by atoms with Crippen LogP contribution in [0.15, 0.2) is 15.8 Å². The second-order valence-electron chi connectivity index (χ2n) is 3.51. The summed E-state index contributed by atoms with van der Waals surface area (Å²) in [5.41, 5.74) is 4.03. The van der Waals surface area contributed by atoms with Crippen LogP contribution in [0.5, 0.6) is 0 Å². The number of nitrogens with one attached hydrogen (secondary N) is 3. The van der Waals surface area contributed by atoms with Gasteiger partial charge in [-0.25, -0.2) is 4.79 Å². The first-order valence-electron chi connectivity index (χ1n) is 4.86. The van der Waals surface area contributed by atoms with Gasteiger partial charge in [0.1, 0.15) is 5.56 Å². The number of H-pyrrole nitrogens is 2. The normalized spacial score (nSPS) is 12.1. The van der Waals surface area contributed by atoms with Crippen molar-refractivity contribution >= 4 is 5.91 Å². The molecule has 0 bridgehead atoms. The zero-order valence-electron chi connectivity index (χ0n) is 8.87. The topological polar surface area (TPSA) is 121 Å². The number of carbonyl (C=O) groups excluding carboxylic acids is 1. The van der Waals surface area contributed by atoms with Gasteiger partial charge in [-0.15, -0.1) is 0 Å². The lowest BCUT2D eigenvalue weighted by Gasteiger charge is -2.06. The molecule has 1 aromatic rings. The summed E-state index contributed by atoms with van der Waals surface area (Å²) in [7, 11) is 0. The van der Waals surface area contributed by atoms with Gasteiger partial charge in [-0.1, -0.05) is 0 Å². The molecule has 1 unspecified atom stereocenters. The molecule has 1 rings (SSSR count). The molecule has 88 valence electrons. The third-order valence-electron chi connectivity index (χ3n) is 1.95. The van der Waals surface area contributed by atoms with Crippen molar-refractivity contribution in [3.63, 3.8) is 0 Å². The fourth-order valence-corrected chi connectivity index (χ4v) is 1.09. The number of aromatic amines is 2. The van der Waals surface area contributed by atoms with Gasteiger partial charge in [0, 0.05) is 18.8 Å². The fraction of sp³-hybridized carbons (Fsp3) is 0.444. The molecule has 0 aliphatic heterocycles. The van der Waals surface area contributed by atoms with E-state index in [2.05, 4.69) is 10.3 Å². The second-order valence-corrected chi connectivity index (χ2v) is 3.51. The molecule has 1 amide bonds. The van der Waals surface area contributed by atoms with Crippen molar-refractivity contribution in [1.29, 1.82) is 0 Å². The third kappa shape index (κ3) is 3.35. The van der Waals surface area contributed by atoms with Crippen molar-refractivity contribution in [1.82, 2.24) is 15.3 Å². The van der Waals surface area contributed by atoms with Crippen molar-refractivity contribution in [3.05, 3.63) is 32.6 Å². The van der Waals surface area contributed by atoms with E-state index in [0.29, 0.717) is 13.0 Å². The Labute approximate surface area is 91.1 Å². The smallest absolute Gasteiger partial charge is 0.325 e. The van der Waals surface area contributed by atoms with E-state index < -0.39 is 17.2 Å². The van der Waals surface area contributed by atoms with E-state index in [1.807, 2.05) is 11.9 Å². The Bertz CT molecular complexity index is 474. The highest BCUT2D eigenvalue weighted by Crippen LogP contribution is 1.87. The van der Waals surface area contributed by atoms with Gasteiger partial charge in [-0.2, -0.15) is 0 Å². The molecule has 1 atom stereocenters. The predicted molar refractivity (Wildman–Crippen MR) is 58.3 cm³/mol. The monoisotopic (exact) mass is 226 g/mol. The Morgan fingerprint density at radius 1 is 1.56 bits per heavy atom. The van der Waals surface area contributed by atoms with Gasteiger partial charge in [0.2, 0.25) is 0 Å². The average Bonchev–Trinajstić information content (AvgIpc) is 2.16. The van der Waals surface area contributed by atoms with Crippen LogP contribution in [0.1, 0.15) is 23.7 Å². The number of amides is 1. The fourth-order valence-electron chi connectivity index (χ4n) is 1.09. The summed E-state index contributed by atoms with van der Waals surface area (Å²) in [4.78, 5) is 37.6. The summed E-state index contributed by atoms with van der Waals surface area (Å²) < 4.78 is 0. The van der Waals surface area contributed by atoms with E-state index in [1.165, 1.54) is 0 Å². The molecular formula is C9H14N4O3. The Hall–Kier alpha value is -1.89. The highest BCUT2D eigenvalue weighted by Gasteiger charge is 2.09. The highest BCUT2D eigenvalue weighted by molar-refractivity contribution is 5.93. The minimum Gasteiger partial charge on any atom is -0.352 e. The molecule has 5 N–H and O–H groups in total. The number of aromatic nitrogens is 2. The quantitative estimate of drug-likeness (QED) is 0.500. The van der Waals surface area contributed by atoms with E-state index >= 15 is 0 Å². The molecule has 7 nitrogen and oxygen atoms in total. The minimum atomic E-state index is -0.706. The molecule has 0 spiro atoms. The number of nitrogens with two attached hydrogens (primary N) is 1.